The second kappa shape index (κ2) is 5.34. The van der Waals surface area contributed by atoms with Crippen molar-refractivity contribution in [2.75, 3.05) is 6.54 Å². The van der Waals surface area contributed by atoms with Gasteiger partial charge in [0, 0.05) is 18.2 Å². The van der Waals surface area contributed by atoms with Crippen molar-refractivity contribution < 1.29 is 0 Å². The second-order valence-electron chi connectivity index (χ2n) is 3.39. The van der Waals surface area contributed by atoms with Gasteiger partial charge in [0.2, 0.25) is 0 Å². The minimum atomic E-state index is 0.352. The SMILES string of the molecule is CCCC(C)(C=NCC)CC. The molecule has 0 aromatic carbocycles. The summed E-state index contributed by atoms with van der Waals surface area (Å²) in [5.74, 6) is 0. The van der Waals surface area contributed by atoms with E-state index in [-0.39, 0.29) is 0 Å². The van der Waals surface area contributed by atoms with E-state index in [1.807, 2.05) is 0 Å². The van der Waals surface area contributed by atoms with Gasteiger partial charge in [0.05, 0.1) is 0 Å². The highest BCUT2D eigenvalue weighted by molar-refractivity contribution is 5.64. The molecule has 66 valence electrons. The van der Waals surface area contributed by atoms with Gasteiger partial charge in [-0.05, 0) is 19.8 Å². The zero-order valence-corrected chi connectivity index (χ0v) is 8.35. The van der Waals surface area contributed by atoms with Gasteiger partial charge in [-0.25, -0.2) is 0 Å². The predicted molar refractivity (Wildman–Crippen MR) is 52.3 cm³/mol. The third-order valence-electron chi connectivity index (χ3n) is 2.21. The van der Waals surface area contributed by atoms with E-state index >= 15 is 0 Å². The molecule has 1 nitrogen and oxygen atoms in total. The van der Waals surface area contributed by atoms with Gasteiger partial charge in [0.15, 0.2) is 0 Å². The molecule has 1 atom stereocenters. The van der Waals surface area contributed by atoms with Gasteiger partial charge in [0.1, 0.15) is 0 Å². The van der Waals surface area contributed by atoms with Crippen molar-refractivity contribution in [3.63, 3.8) is 0 Å². The molecule has 0 aromatic rings. The molecule has 0 aliphatic heterocycles. The number of nitrogens with zero attached hydrogens (tertiary/aromatic N) is 1. The van der Waals surface area contributed by atoms with Crippen LogP contribution in [-0.2, 0) is 0 Å². The average molecular weight is 155 g/mol. The molecule has 0 N–H and O–H groups in total. The Bertz CT molecular complexity index is 118. The normalized spacial score (nSPS) is 17.1. The Kier molecular flexibility index (Phi) is 5.18. The summed E-state index contributed by atoms with van der Waals surface area (Å²) in [6, 6.07) is 0. The van der Waals surface area contributed by atoms with E-state index in [9.17, 15) is 0 Å². The van der Waals surface area contributed by atoms with Crippen LogP contribution >= 0.6 is 0 Å². The maximum absolute atomic E-state index is 4.31. The monoisotopic (exact) mass is 155 g/mol. The van der Waals surface area contributed by atoms with Gasteiger partial charge in [0.25, 0.3) is 0 Å². The number of aliphatic imine (C=N–C) groups is 1. The summed E-state index contributed by atoms with van der Waals surface area (Å²) in [4.78, 5) is 4.31. The van der Waals surface area contributed by atoms with Crippen LogP contribution in [0.25, 0.3) is 0 Å². The molecule has 0 spiro atoms. The molecule has 0 radical (unpaired) electrons. The minimum absolute atomic E-state index is 0.352. The smallest absolute Gasteiger partial charge is 0.0357 e. The van der Waals surface area contributed by atoms with Crippen LogP contribution in [0.2, 0.25) is 0 Å². The van der Waals surface area contributed by atoms with Crippen molar-refractivity contribution in [3.8, 4) is 0 Å². The Morgan fingerprint density at radius 2 is 1.91 bits per heavy atom. The molecule has 0 aliphatic carbocycles. The summed E-state index contributed by atoms with van der Waals surface area (Å²) in [7, 11) is 0. The number of hydrogen-bond acceptors (Lipinski definition) is 1. The fourth-order valence-corrected chi connectivity index (χ4v) is 1.22. The lowest BCUT2D eigenvalue weighted by atomic mass is 9.84. The first-order valence-electron chi connectivity index (χ1n) is 4.69. The maximum Gasteiger partial charge on any atom is 0.0357 e. The molecule has 0 saturated heterocycles. The number of rotatable bonds is 5. The molecule has 0 amide bonds. The lowest BCUT2D eigenvalue weighted by molar-refractivity contribution is 0.416. The first-order valence-corrected chi connectivity index (χ1v) is 4.69. The molecule has 1 heteroatoms. The van der Waals surface area contributed by atoms with Crippen LogP contribution in [0, 0.1) is 5.41 Å². The van der Waals surface area contributed by atoms with Crippen LogP contribution in [0.5, 0.6) is 0 Å². The maximum atomic E-state index is 4.31. The molecule has 0 aliphatic rings. The predicted octanol–water partition coefficient (Wildman–Crippen LogP) is 3.29. The fraction of sp³-hybridized carbons (Fsp3) is 0.900. The Labute approximate surface area is 70.9 Å². The van der Waals surface area contributed by atoms with Crippen LogP contribution in [0.15, 0.2) is 4.99 Å². The van der Waals surface area contributed by atoms with E-state index < -0.39 is 0 Å². The topological polar surface area (TPSA) is 12.4 Å². The first-order chi connectivity index (χ1) is 5.18. The van der Waals surface area contributed by atoms with Crippen LogP contribution in [0.4, 0.5) is 0 Å². The molecule has 0 fully saturated rings. The van der Waals surface area contributed by atoms with Gasteiger partial charge in [-0.1, -0.05) is 27.2 Å². The van der Waals surface area contributed by atoms with Gasteiger partial charge in [-0.3, -0.25) is 4.99 Å². The molecule has 11 heavy (non-hydrogen) atoms. The second-order valence-corrected chi connectivity index (χ2v) is 3.39. The highest BCUT2D eigenvalue weighted by Gasteiger charge is 2.17. The van der Waals surface area contributed by atoms with Crippen molar-refractivity contribution in [2.24, 2.45) is 10.4 Å². The van der Waals surface area contributed by atoms with E-state index in [1.165, 1.54) is 19.3 Å². The molecule has 0 saturated carbocycles. The zero-order chi connectivity index (χ0) is 8.74. The summed E-state index contributed by atoms with van der Waals surface area (Å²) < 4.78 is 0. The van der Waals surface area contributed by atoms with Crippen molar-refractivity contribution in [1.82, 2.24) is 0 Å². The van der Waals surface area contributed by atoms with Crippen LogP contribution in [-0.4, -0.2) is 12.8 Å². The van der Waals surface area contributed by atoms with E-state index in [2.05, 4.69) is 38.9 Å². The standard InChI is InChI=1S/C10H21N/c1-5-8-10(4,6-2)9-11-7-3/h9H,5-8H2,1-4H3. The summed E-state index contributed by atoms with van der Waals surface area (Å²) in [6.07, 6.45) is 5.84. The highest BCUT2D eigenvalue weighted by Crippen LogP contribution is 2.24. The van der Waals surface area contributed by atoms with Crippen molar-refractivity contribution in [3.05, 3.63) is 0 Å². The van der Waals surface area contributed by atoms with Crippen molar-refractivity contribution >= 4 is 6.21 Å². The van der Waals surface area contributed by atoms with Gasteiger partial charge in [-0.2, -0.15) is 0 Å². The molecule has 0 rings (SSSR count). The summed E-state index contributed by atoms with van der Waals surface area (Å²) in [5.41, 5.74) is 0.352. The Morgan fingerprint density at radius 3 is 2.27 bits per heavy atom. The average Bonchev–Trinajstić information content (AvgIpc) is 2.02. The Morgan fingerprint density at radius 1 is 1.27 bits per heavy atom. The fourth-order valence-electron chi connectivity index (χ4n) is 1.22. The van der Waals surface area contributed by atoms with E-state index in [4.69, 9.17) is 0 Å². The van der Waals surface area contributed by atoms with Crippen LogP contribution in [0.3, 0.4) is 0 Å². The van der Waals surface area contributed by atoms with Gasteiger partial charge < -0.3 is 0 Å². The van der Waals surface area contributed by atoms with Crippen LogP contribution in [0.1, 0.15) is 47.0 Å². The third-order valence-corrected chi connectivity index (χ3v) is 2.21. The van der Waals surface area contributed by atoms with Gasteiger partial charge >= 0.3 is 0 Å². The lowest BCUT2D eigenvalue weighted by Gasteiger charge is -2.22. The van der Waals surface area contributed by atoms with E-state index in [1.54, 1.807) is 0 Å². The quantitative estimate of drug-likeness (QED) is 0.540. The van der Waals surface area contributed by atoms with Crippen LogP contribution < -0.4 is 0 Å². The summed E-state index contributed by atoms with van der Waals surface area (Å²) in [6.45, 7) is 9.75. The zero-order valence-electron chi connectivity index (χ0n) is 8.35. The molecule has 0 bridgehead atoms. The largest absolute Gasteiger partial charge is 0.297 e. The Balaban J connectivity index is 3.97. The highest BCUT2D eigenvalue weighted by atomic mass is 14.7. The molecule has 0 heterocycles. The molecule has 0 aromatic heterocycles. The van der Waals surface area contributed by atoms with E-state index in [0.717, 1.165) is 6.54 Å². The molecular formula is C10H21N. The number of hydrogen-bond donors (Lipinski definition) is 0. The Hall–Kier alpha value is -0.330. The van der Waals surface area contributed by atoms with Crippen molar-refractivity contribution in [2.45, 2.75) is 47.0 Å². The minimum Gasteiger partial charge on any atom is -0.297 e. The van der Waals surface area contributed by atoms with E-state index in [0.29, 0.717) is 5.41 Å². The summed E-state index contributed by atoms with van der Waals surface area (Å²) in [5, 5.41) is 0. The lowest BCUT2D eigenvalue weighted by Crippen LogP contribution is -2.16. The molecule has 1 unspecified atom stereocenters. The third kappa shape index (κ3) is 4.18. The summed E-state index contributed by atoms with van der Waals surface area (Å²) >= 11 is 0. The molecular weight excluding hydrogens is 134 g/mol. The van der Waals surface area contributed by atoms with Gasteiger partial charge in [-0.15, -0.1) is 0 Å². The van der Waals surface area contributed by atoms with Crippen molar-refractivity contribution in [1.29, 1.82) is 0 Å². The first kappa shape index (κ1) is 10.7.